The second-order valence-electron chi connectivity index (χ2n) is 2.66. The number of carbonyl (C=O) groups is 1. The van der Waals surface area contributed by atoms with Crippen LogP contribution in [0.2, 0.25) is 0 Å². The first-order valence-electron chi connectivity index (χ1n) is 4.55. The van der Waals surface area contributed by atoms with Crippen molar-refractivity contribution in [2.24, 2.45) is 0 Å². The van der Waals surface area contributed by atoms with Crippen LogP contribution < -0.4 is 0 Å². The summed E-state index contributed by atoms with van der Waals surface area (Å²) in [7, 11) is 3.05. The molecule has 0 aliphatic carbocycles. The maximum atomic E-state index is 10.5. The molecule has 0 radical (unpaired) electrons. The van der Waals surface area contributed by atoms with E-state index in [-0.39, 0.29) is 12.6 Å². The molecule has 0 saturated carbocycles. The fourth-order valence-corrected chi connectivity index (χ4v) is 1.12. The summed E-state index contributed by atoms with van der Waals surface area (Å²) in [6.07, 6.45) is 1.51. The summed E-state index contributed by atoms with van der Waals surface area (Å²) in [6.45, 7) is 8.64. The third kappa shape index (κ3) is 11.1. The van der Waals surface area contributed by atoms with Gasteiger partial charge in [0.25, 0.3) is 0 Å². The third-order valence-electron chi connectivity index (χ3n) is 1.26. The summed E-state index contributed by atoms with van der Waals surface area (Å²) in [5.74, 6) is -0.366. The minimum absolute atomic E-state index is 0.256. The number of rotatable bonds is 6. The molecule has 0 spiro atoms. The fraction of sp³-hybridized carbons (Fsp3) is 0.500. The lowest BCUT2D eigenvalue weighted by atomic mass is 10.4. The highest BCUT2D eigenvalue weighted by molar-refractivity contribution is 6.36. The Hall–Kier alpha value is -0.953. The summed E-state index contributed by atoms with van der Waals surface area (Å²) in [6, 6.07) is 0. The number of hydrogen-bond acceptors (Lipinski definition) is 5. The Kier molecular flexibility index (Phi) is 13.2. The first-order chi connectivity index (χ1) is 7.53. The lowest BCUT2D eigenvalue weighted by molar-refractivity contribution is -0.137. The number of ether oxygens (including phenoxy) is 1. The Bertz CT molecular complexity index is 208. The molecule has 5 nitrogen and oxygen atoms in total. The van der Waals surface area contributed by atoms with Crippen LogP contribution in [0.15, 0.2) is 24.8 Å². The normalized spacial score (nSPS) is 9.06. The van der Waals surface area contributed by atoms with Crippen LogP contribution in [-0.2, 0) is 22.8 Å². The van der Waals surface area contributed by atoms with Crippen LogP contribution in [0.5, 0.6) is 0 Å². The highest BCUT2D eigenvalue weighted by atomic mass is 28.3. The van der Waals surface area contributed by atoms with Gasteiger partial charge < -0.3 is 18.0 Å². The summed E-state index contributed by atoms with van der Waals surface area (Å²) in [5, 5.41) is 0. The van der Waals surface area contributed by atoms with Gasteiger partial charge in [0.05, 0.1) is 0 Å². The van der Waals surface area contributed by atoms with Gasteiger partial charge in [-0.2, -0.15) is 0 Å². The van der Waals surface area contributed by atoms with E-state index >= 15 is 0 Å². The molecule has 0 aliphatic heterocycles. The molecular weight excluding hydrogens is 228 g/mol. The largest absolute Gasteiger partial charge is 0.483 e. The van der Waals surface area contributed by atoms with Gasteiger partial charge in [-0.15, -0.1) is 0 Å². The zero-order chi connectivity index (χ0) is 13.0. The molecule has 0 aliphatic rings. The average molecular weight is 248 g/mol. The van der Waals surface area contributed by atoms with E-state index in [0.717, 1.165) is 0 Å². The van der Waals surface area contributed by atoms with E-state index in [0.29, 0.717) is 5.57 Å². The van der Waals surface area contributed by atoms with Crippen molar-refractivity contribution in [3.05, 3.63) is 24.8 Å². The van der Waals surface area contributed by atoms with E-state index in [2.05, 4.69) is 17.9 Å². The maximum Gasteiger partial charge on any atom is 0.483 e. The summed E-state index contributed by atoms with van der Waals surface area (Å²) in [4.78, 5) is 10.5. The van der Waals surface area contributed by atoms with E-state index in [9.17, 15) is 4.79 Å². The number of esters is 1. The van der Waals surface area contributed by atoms with Gasteiger partial charge in [0.1, 0.15) is 6.61 Å². The Balaban J connectivity index is 0. The molecule has 0 heterocycles. The smallest absolute Gasteiger partial charge is 0.458 e. The first kappa shape index (κ1) is 17.4. The fourth-order valence-electron chi connectivity index (χ4n) is 0.546. The number of hydrogen-bond donors (Lipinski definition) is 0. The van der Waals surface area contributed by atoms with Crippen LogP contribution in [0.4, 0.5) is 0 Å². The van der Waals surface area contributed by atoms with Crippen molar-refractivity contribution in [3.8, 4) is 0 Å². The lowest BCUT2D eigenvalue weighted by Gasteiger charge is -2.05. The van der Waals surface area contributed by atoms with Crippen molar-refractivity contribution in [1.82, 2.24) is 0 Å². The van der Waals surface area contributed by atoms with Crippen molar-refractivity contribution in [1.29, 1.82) is 0 Å². The molecule has 0 rings (SSSR count). The topological polar surface area (TPSA) is 54.0 Å². The Labute approximate surface area is 98.6 Å². The third-order valence-corrected chi connectivity index (χ3v) is 2.41. The zero-order valence-electron chi connectivity index (χ0n) is 10.3. The van der Waals surface area contributed by atoms with Crippen LogP contribution in [0.25, 0.3) is 0 Å². The van der Waals surface area contributed by atoms with E-state index in [1.807, 2.05) is 0 Å². The van der Waals surface area contributed by atoms with Gasteiger partial charge in [0, 0.05) is 26.9 Å². The summed E-state index contributed by atoms with van der Waals surface area (Å²) < 4.78 is 18.8. The van der Waals surface area contributed by atoms with Crippen molar-refractivity contribution < 1.29 is 22.8 Å². The van der Waals surface area contributed by atoms with Crippen molar-refractivity contribution >= 4 is 15.5 Å². The molecule has 0 N–H and O–H groups in total. The first-order valence-corrected chi connectivity index (χ1v) is 5.96. The van der Waals surface area contributed by atoms with E-state index in [1.165, 1.54) is 6.08 Å². The van der Waals surface area contributed by atoms with Crippen LogP contribution in [0.3, 0.4) is 0 Å². The van der Waals surface area contributed by atoms with Crippen LogP contribution >= 0.6 is 0 Å². The standard InChI is InChI=1S/C7H10O2.C3H10O3Si/c1-4-5-9-7(8)6(2)3;1-4-7(5-2)6-3/h4H,1-2,5H2,3H3;7H,1-3H3. The summed E-state index contributed by atoms with van der Waals surface area (Å²) >= 11 is 0. The van der Waals surface area contributed by atoms with Gasteiger partial charge in [-0.05, 0) is 6.92 Å². The van der Waals surface area contributed by atoms with Gasteiger partial charge in [-0.1, -0.05) is 19.2 Å². The molecule has 0 unspecified atom stereocenters. The Morgan fingerprint density at radius 2 is 1.69 bits per heavy atom. The Morgan fingerprint density at radius 3 is 1.88 bits per heavy atom. The molecule has 0 atom stereocenters. The minimum atomic E-state index is -1.67. The van der Waals surface area contributed by atoms with Crippen LogP contribution in [0.1, 0.15) is 6.92 Å². The van der Waals surface area contributed by atoms with Gasteiger partial charge in [0.2, 0.25) is 0 Å². The van der Waals surface area contributed by atoms with Crippen molar-refractivity contribution in [2.75, 3.05) is 27.9 Å². The quantitative estimate of drug-likeness (QED) is 0.303. The van der Waals surface area contributed by atoms with Gasteiger partial charge in [-0.25, -0.2) is 4.79 Å². The van der Waals surface area contributed by atoms with Crippen molar-refractivity contribution in [2.45, 2.75) is 6.92 Å². The lowest BCUT2D eigenvalue weighted by Crippen LogP contribution is -2.21. The van der Waals surface area contributed by atoms with Gasteiger partial charge in [0.15, 0.2) is 0 Å². The minimum Gasteiger partial charge on any atom is -0.458 e. The predicted molar refractivity (Wildman–Crippen MR) is 64.1 cm³/mol. The highest BCUT2D eigenvalue weighted by Gasteiger charge is 2.04. The number of carbonyl (C=O) groups excluding carboxylic acids is 1. The van der Waals surface area contributed by atoms with Crippen molar-refractivity contribution in [3.63, 3.8) is 0 Å². The van der Waals surface area contributed by atoms with Crippen LogP contribution in [-0.4, -0.2) is 43.4 Å². The molecule has 0 aromatic heterocycles. The predicted octanol–water partition coefficient (Wildman–Crippen LogP) is 0.934. The molecule has 0 aromatic carbocycles. The van der Waals surface area contributed by atoms with Gasteiger partial charge >= 0.3 is 15.5 Å². The Morgan fingerprint density at radius 1 is 1.25 bits per heavy atom. The highest BCUT2D eigenvalue weighted by Crippen LogP contribution is 1.90. The van der Waals surface area contributed by atoms with E-state index in [4.69, 9.17) is 13.3 Å². The van der Waals surface area contributed by atoms with Gasteiger partial charge in [-0.3, -0.25) is 0 Å². The monoisotopic (exact) mass is 248 g/mol. The molecular formula is C10H20O5Si. The summed E-state index contributed by atoms with van der Waals surface area (Å²) in [5.41, 5.74) is 0.414. The average Bonchev–Trinajstić information content (AvgIpc) is 2.29. The molecule has 0 aromatic rings. The molecule has 94 valence electrons. The molecule has 0 saturated heterocycles. The van der Waals surface area contributed by atoms with E-state index < -0.39 is 9.53 Å². The van der Waals surface area contributed by atoms with Crippen LogP contribution in [0, 0.1) is 0 Å². The molecule has 6 heteroatoms. The maximum absolute atomic E-state index is 10.5. The molecule has 16 heavy (non-hydrogen) atoms. The molecule has 0 amide bonds. The zero-order valence-corrected chi connectivity index (χ0v) is 11.5. The van der Waals surface area contributed by atoms with E-state index in [1.54, 1.807) is 28.3 Å². The second kappa shape index (κ2) is 12.1. The second-order valence-corrected chi connectivity index (χ2v) is 4.65. The molecule has 0 fully saturated rings. The SMILES string of the molecule is C=CCOC(=O)C(=C)C.CO[SiH](OC)OC. The molecule has 0 bridgehead atoms.